The first-order valence-corrected chi connectivity index (χ1v) is 10.0. The van der Waals surface area contributed by atoms with E-state index in [4.69, 9.17) is 9.26 Å². The number of amides is 1. The lowest BCUT2D eigenvalue weighted by molar-refractivity contribution is -0.147. The molecule has 28 heavy (non-hydrogen) atoms. The number of anilines is 1. The normalized spacial score (nSPS) is 11.3. The number of carbonyl (C=O) groups excluding carboxylic acids is 2. The van der Waals surface area contributed by atoms with Gasteiger partial charge in [0, 0.05) is 12.6 Å². The van der Waals surface area contributed by atoms with Crippen molar-refractivity contribution in [3.8, 4) is 0 Å². The van der Waals surface area contributed by atoms with E-state index in [1.165, 1.54) is 6.07 Å². The minimum atomic E-state index is -3.76. The zero-order chi connectivity index (χ0) is 20.9. The van der Waals surface area contributed by atoms with Crippen LogP contribution in [0.2, 0.25) is 0 Å². The molecule has 1 heterocycles. The molecule has 2 rings (SSSR count). The number of sulfonamides is 1. The van der Waals surface area contributed by atoms with Crippen LogP contribution in [0.3, 0.4) is 0 Å². The van der Waals surface area contributed by atoms with Crippen LogP contribution >= 0.6 is 0 Å². The van der Waals surface area contributed by atoms with Gasteiger partial charge in [0.05, 0.1) is 11.3 Å². The number of ether oxygens (including phenoxy) is 1. The average molecular weight is 409 g/mol. The highest BCUT2D eigenvalue weighted by Gasteiger charge is 2.20. The number of carbonyl (C=O) groups is 2. The van der Waals surface area contributed by atoms with Crippen molar-refractivity contribution in [1.29, 1.82) is 0 Å². The zero-order valence-electron chi connectivity index (χ0n) is 16.2. The maximum Gasteiger partial charge on any atom is 0.307 e. The molecule has 0 saturated heterocycles. The van der Waals surface area contributed by atoms with E-state index >= 15 is 0 Å². The molecule has 10 heteroatoms. The van der Waals surface area contributed by atoms with Gasteiger partial charge in [0.25, 0.3) is 5.91 Å². The number of hydrogen-bond donors (Lipinski definition) is 2. The van der Waals surface area contributed by atoms with Gasteiger partial charge in [-0.2, -0.15) is 0 Å². The highest BCUT2D eigenvalue weighted by molar-refractivity contribution is 7.89. The molecule has 1 aromatic heterocycles. The summed E-state index contributed by atoms with van der Waals surface area (Å²) >= 11 is 0. The van der Waals surface area contributed by atoms with Crippen LogP contribution in [0.4, 0.5) is 5.82 Å². The standard InChI is InChI=1S/C18H23N3O6S/c1-11-7-12(2)18(13(3)8-11)28(24,25)19-6-5-17(23)26-10-16(22)20-15-9-14(4)27-21-15/h7-9,19H,5-6,10H2,1-4H3,(H,20,21,22). The topological polar surface area (TPSA) is 128 Å². The first-order valence-electron chi connectivity index (χ1n) is 8.55. The molecule has 0 radical (unpaired) electrons. The van der Waals surface area contributed by atoms with Crippen LogP contribution in [0.5, 0.6) is 0 Å². The van der Waals surface area contributed by atoms with Gasteiger partial charge in [-0.25, -0.2) is 13.1 Å². The number of nitrogens with zero attached hydrogens (tertiary/aromatic N) is 1. The lowest BCUT2D eigenvalue weighted by Crippen LogP contribution is -2.29. The summed E-state index contributed by atoms with van der Waals surface area (Å²) in [5, 5.41) is 5.99. The van der Waals surface area contributed by atoms with E-state index in [1.54, 1.807) is 32.9 Å². The van der Waals surface area contributed by atoms with E-state index < -0.39 is 28.5 Å². The van der Waals surface area contributed by atoms with Crippen molar-refractivity contribution in [2.45, 2.75) is 39.0 Å². The Bertz CT molecular complexity index is 958. The maximum absolute atomic E-state index is 12.5. The van der Waals surface area contributed by atoms with Gasteiger partial charge < -0.3 is 14.6 Å². The number of hydrogen-bond acceptors (Lipinski definition) is 7. The molecule has 0 unspecified atom stereocenters. The van der Waals surface area contributed by atoms with E-state index in [0.29, 0.717) is 16.9 Å². The second-order valence-corrected chi connectivity index (χ2v) is 8.11. The average Bonchev–Trinajstić information content (AvgIpc) is 2.96. The number of rotatable bonds is 8. The van der Waals surface area contributed by atoms with Gasteiger partial charge in [-0.15, -0.1) is 0 Å². The fourth-order valence-electron chi connectivity index (χ4n) is 2.77. The predicted octanol–water partition coefficient (Wildman–Crippen LogP) is 1.76. The Hall–Kier alpha value is -2.72. The molecule has 0 bridgehead atoms. The number of aryl methyl sites for hydroxylation is 4. The van der Waals surface area contributed by atoms with Crippen molar-refractivity contribution in [1.82, 2.24) is 9.88 Å². The summed E-state index contributed by atoms with van der Waals surface area (Å²) in [5.41, 5.74) is 2.23. The van der Waals surface area contributed by atoms with Crippen molar-refractivity contribution in [2.24, 2.45) is 0 Å². The van der Waals surface area contributed by atoms with Gasteiger partial charge in [-0.1, -0.05) is 22.9 Å². The van der Waals surface area contributed by atoms with Gasteiger partial charge in [0.1, 0.15) is 5.76 Å². The molecule has 2 N–H and O–H groups in total. The van der Waals surface area contributed by atoms with Crippen LogP contribution in [-0.4, -0.2) is 38.6 Å². The molecule has 1 amide bonds. The number of benzene rings is 1. The Kier molecular flexibility index (Phi) is 6.92. The zero-order valence-corrected chi connectivity index (χ0v) is 17.0. The number of esters is 1. The van der Waals surface area contributed by atoms with Gasteiger partial charge in [0.15, 0.2) is 12.4 Å². The van der Waals surface area contributed by atoms with Gasteiger partial charge >= 0.3 is 5.97 Å². The Morgan fingerprint density at radius 2 is 1.75 bits per heavy atom. The van der Waals surface area contributed by atoms with Gasteiger partial charge in [-0.05, 0) is 38.8 Å². The molecule has 0 aliphatic rings. The minimum Gasteiger partial charge on any atom is -0.456 e. The Balaban J connectivity index is 1.80. The van der Waals surface area contributed by atoms with E-state index in [-0.39, 0.29) is 23.7 Å². The van der Waals surface area contributed by atoms with Gasteiger partial charge in [0.2, 0.25) is 10.0 Å². The van der Waals surface area contributed by atoms with Crippen LogP contribution in [0.25, 0.3) is 0 Å². The Morgan fingerprint density at radius 3 is 2.32 bits per heavy atom. The van der Waals surface area contributed by atoms with Crippen molar-refractivity contribution in [3.05, 3.63) is 40.6 Å². The molecular formula is C18H23N3O6S. The highest BCUT2D eigenvalue weighted by atomic mass is 32.2. The van der Waals surface area contributed by atoms with E-state index in [0.717, 1.165) is 5.56 Å². The van der Waals surface area contributed by atoms with Crippen molar-refractivity contribution in [3.63, 3.8) is 0 Å². The largest absolute Gasteiger partial charge is 0.456 e. The van der Waals surface area contributed by atoms with Crippen LogP contribution in [0, 0.1) is 27.7 Å². The van der Waals surface area contributed by atoms with E-state index in [2.05, 4.69) is 15.2 Å². The first-order chi connectivity index (χ1) is 13.1. The summed E-state index contributed by atoms with van der Waals surface area (Å²) in [7, 11) is -3.76. The monoisotopic (exact) mass is 409 g/mol. The third kappa shape index (κ3) is 5.89. The first kappa shape index (κ1) is 21.6. The molecule has 0 fully saturated rings. The molecule has 1 aromatic carbocycles. The predicted molar refractivity (Wildman–Crippen MR) is 101 cm³/mol. The van der Waals surface area contributed by atoms with Crippen LogP contribution in [0.15, 0.2) is 27.6 Å². The Labute approximate surface area is 163 Å². The Morgan fingerprint density at radius 1 is 1.11 bits per heavy atom. The quantitative estimate of drug-likeness (QED) is 0.636. The summed E-state index contributed by atoms with van der Waals surface area (Å²) < 4.78 is 37.0. The summed E-state index contributed by atoms with van der Waals surface area (Å²) in [4.78, 5) is 23.6. The SMILES string of the molecule is Cc1cc(C)c(S(=O)(=O)NCCC(=O)OCC(=O)Nc2cc(C)on2)c(C)c1. The van der Waals surface area contributed by atoms with Crippen LogP contribution in [-0.2, 0) is 24.3 Å². The summed E-state index contributed by atoms with van der Waals surface area (Å²) in [6.45, 7) is 6.35. The van der Waals surface area contributed by atoms with Gasteiger partial charge in [-0.3, -0.25) is 9.59 Å². The molecule has 0 aliphatic carbocycles. The fourth-order valence-corrected chi connectivity index (χ4v) is 4.25. The van der Waals surface area contributed by atoms with E-state index in [1.807, 2.05) is 6.92 Å². The second kappa shape index (κ2) is 8.98. The lowest BCUT2D eigenvalue weighted by Gasteiger charge is -2.13. The molecule has 152 valence electrons. The van der Waals surface area contributed by atoms with Crippen LogP contribution in [0.1, 0.15) is 28.9 Å². The molecule has 0 saturated carbocycles. The third-order valence-electron chi connectivity index (χ3n) is 3.75. The second-order valence-electron chi connectivity index (χ2n) is 6.41. The molecule has 2 aromatic rings. The highest BCUT2D eigenvalue weighted by Crippen LogP contribution is 2.21. The maximum atomic E-state index is 12.5. The smallest absolute Gasteiger partial charge is 0.307 e. The fraction of sp³-hybridized carbons (Fsp3) is 0.389. The summed E-state index contributed by atoms with van der Waals surface area (Å²) in [6, 6.07) is 5.08. The van der Waals surface area contributed by atoms with Crippen molar-refractivity contribution in [2.75, 3.05) is 18.5 Å². The summed E-state index contributed by atoms with van der Waals surface area (Å²) in [5.74, 6) is -0.534. The van der Waals surface area contributed by atoms with Crippen LogP contribution < -0.4 is 10.0 Å². The lowest BCUT2D eigenvalue weighted by atomic mass is 10.1. The number of nitrogens with one attached hydrogen (secondary N) is 2. The molecule has 0 aliphatic heterocycles. The van der Waals surface area contributed by atoms with Crippen molar-refractivity contribution < 1.29 is 27.3 Å². The third-order valence-corrected chi connectivity index (χ3v) is 5.52. The molecule has 0 atom stereocenters. The summed E-state index contributed by atoms with van der Waals surface area (Å²) in [6.07, 6.45) is -0.209. The van der Waals surface area contributed by atoms with E-state index in [9.17, 15) is 18.0 Å². The van der Waals surface area contributed by atoms with Crippen molar-refractivity contribution >= 4 is 27.7 Å². The number of aromatic nitrogens is 1. The molecular weight excluding hydrogens is 386 g/mol. The molecule has 9 nitrogen and oxygen atoms in total. The minimum absolute atomic E-state index is 0.141. The molecule has 0 spiro atoms.